The Balaban J connectivity index is 1.87. The first-order valence-electron chi connectivity index (χ1n) is 6.75. The summed E-state index contributed by atoms with van der Waals surface area (Å²) in [6.07, 6.45) is 1.46. The third kappa shape index (κ3) is 5.22. The number of amides is 1. The summed E-state index contributed by atoms with van der Waals surface area (Å²) in [6, 6.07) is 8.50. The molecule has 5 nitrogen and oxygen atoms in total. The number of hydrazone groups is 1. The molecule has 0 aliphatic rings. The normalized spacial score (nSPS) is 10.8. The van der Waals surface area contributed by atoms with E-state index < -0.39 is 5.91 Å². The fourth-order valence-corrected chi connectivity index (χ4v) is 3.07. The third-order valence-electron chi connectivity index (χ3n) is 2.94. The number of rotatable bonds is 5. The van der Waals surface area contributed by atoms with Crippen molar-refractivity contribution in [1.29, 1.82) is 0 Å². The molecule has 0 atom stereocenters. The maximum absolute atomic E-state index is 11.7. The van der Waals surface area contributed by atoms with Crippen LogP contribution in [0.4, 0.5) is 0 Å². The highest BCUT2D eigenvalue weighted by Crippen LogP contribution is 2.32. The Kier molecular flexibility index (Phi) is 6.65. The van der Waals surface area contributed by atoms with Crippen molar-refractivity contribution in [2.75, 3.05) is 6.61 Å². The van der Waals surface area contributed by atoms with E-state index in [1.54, 1.807) is 30.3 Å². The lowest BCUT2D eigenvalue weighted by molar-refractivity contribution is -0.123. The van der Waals surface area contributed by atoms with Crippen molar-refractivity contribution >= 4 is 55.6 Å². The van der Waals surface area contributed by atoms with Crippen LogP contribution in [0.1, 0.15) is 11.1 Å². The summed E-state index contributed by atoms with van der Waals surface area (Å²) in [4.78, 5) is 11.7. The van der Waals surface area contributed by atoms with Crippen LogP contribution in [0.15, 0.2) is 44.4 Å². The Morgan fingerprint density at radius 2 is 2.00 bits per heavy atom. The summed E-state index contributed by atoms with van der Waals surface area (Å²) >= 11 is 12.4. The molecule has 0 aliphatic heterocycles. The predicted octanol–water partition coefficient (Wildman–Crippen LogP) is 4.41. The van der Waals surface area contributed by atoms with Gasteiger partial charge in [0.25, 0.3) is 5.91 Å². The molecule has 0 heterocycles. The minimum absolute atomic E-state index is 0.0999. The summed E-state index contributed by atoms with van der Waals surface area (Å²) in [5.74, 6) is 0.265. The van der Waals surface area contributed by atoms with Crippen LogP contribution in [0.3, 0.4) is 0 Å². The van der Waals surface area contributed by atoms with E-state index in [-0.39, 0.29) is 12.4 Å². The number of aryl methyl sites for hydroxylation is 1. The fourth-order valence-electron chi connectivity index (χ4n) is 1.73. The van der Waals surface area contributed by atoms with E-state index in [4.69, 9.17) is 16.3 Å². The van der Waals surface area contributed by atoms with E-state index in [2.05, 4.69) is 42.4 Å². The second kappa shape index (κ2) is 8.50. The topological polar surface area (TPSA) is 70.9 Å². The lowest BCUT2D eigenvalue weighted by Crippen LogP contribution is -2.24. The number of halogens is 3. The standard InChI is InChI=1S/C16H13Br2ClN2O3/c1-9-4-11(2-3-14(9)19)24-8-15(22)21-20-7-10-5-12(17)16(23)13(18)6-10/h2-7,23H,8H2,1H3,(H,21,22). The van der Waals surface area contributed by atoms with Gasteiger partial charge in [0.15, 0.2) is 6.61 Å². The van der Waals surface area contributed by atoms with Gasteiger partial charge in [-0.1, -0.05) is 11.6 Å². The van der Waals surface area contributed by atoms with Crippen molar-refractivity contribution in [1.82, 2.24) is 5.43 Å². The number of nitrogens with zero attached hydrogens (tertiary/aromatic N) is 1. The average Bonchev–Trinajstić information content (AvgIpc) is 2.53. The van der Waals surface area contributed by atoms with Gasteiger partial charge in [0.05, 0.1) is 15.2 Å². The third-order valence-corrected chi connectivity index (χ3v) is 4.57. The zero-order chi connectivity index (χ0) is 17.7. The molecule has 0 aliphatic carbocycles. The van der Waals surface area contributed by atoms with Crippen LogP contribution in [-0.2, 0) is 4.79 Å². The zero-order valence-electron chi connectivity index (χ0n) is 12.5. The first-order valence-corrected chi connectivity index (χ1v) is 8.72. The number of benzene rings is 2. The van der Waals surface area contributed by atoms with Crippen molar-refractivity contribution in [2.45, 2.75) is 6.92 Å². The van der Waals surface area contributed by atoms with Gasteiger partial charge >= 0.3 is 0 Å². The van der Waals surface area contributed by atoms with E-state index >= 15 is 0 Å². The van der Waals surface area contributed by atoms with Crippen LogP contribution in [-0.4, -0.2) is 23.8 Å². The molecular formula is C16H13Br2ClN2O3. The second-order valence-corrected chi connectivity index (χ2v) is 6.94. The molecule has 0 spiro atoms. The van der Waals surface area contributed by atoms with Gasteiger partial charge < -0.3 is 9.84 Å². The minimum atomic E-state index is -0.393. The van der Waals surface area contributed by atoms with Crippen LogP contribution < -0.4 is 10.2 Å². The Bertz CT molecular complexity index is 774. The van der Waals surface area contributed by atoms with E-state index in [0.717, 1.165) is 5.56 Å². The second-order valence-electron chi connectivity index (χ2n) is 4.83. The number of nitrogens with one attached hydrogen (secondary N) is 1. The summed E-state index contributed by atoms with van der Waals surface area (Å²) < 4.78 is 6.41. The van der Waals surface area contributed by atoms with Gasteiger partial charge in [0.1, 0.15) is 11.5 Å². The minimum Gasteiger partial charge on any atom is -0.506 e. The van der Waals surface area contributed by atoms with Crippen LogP contribution in [0, 0.1) is 6.92 Å². The lowest BCUT2D eigenvalue weighted by Gasteiger charge is -2.06. The van der Waals surface area contributed by atoms with Crippen molar-refractivity contribution in [3.05, 3.63) is 55.4 Å². The zero-order valence-corrected chi connectivity index (χ0v) is 16.4. The molecular weight excluding hydrogens is 463 g/mol. The summed E-state index contributed by atoms with van der Waals surface area (Å²) in [7, 11) is 0. The molecule has 0 fully saturated rings. The Labute approximate surface area is 160 Å². The first-order chi connectivity index (χ1) is 11.4. The van der Waals surface area contributed by atoms with Crippen LogP contribution in [0.2, 0.25) is 5.02 Å². The van der Waals surface area contributed by atoms with Gasteiger partial charge in [0, 0.05) is 5.02 Å². The highest BCUT2D eigenvalue weighted by Gasteiger charge is 2.05. The summed E-state index contributed by atoms with van der Waals surface area (Å²) in [5, 5.41) is 14.1. The largest absolute Gasteiger partial charge is 0.506 e. The number of phenolic OH excluding ortho intramolecular Hbond substituents is 1. The molecule has 2 N–H and O–H groups in total. The molecule has 0 aromatic heterocycles. The SMILES string of the molecule is Cc1cc(OCC(=O)NN=Cc2cc(Br)c(O)c(Br)c2)ccc1Cl. The lowest BCUT2D eigenvalue weighted by atomic mass is 10.2. The van der Waals surface area contributed by atoms with Crippen molar-refractivity contribution in [3.63, 3.8) is 0 Å². The molecule has 1 amide bonds. The van der Waals surface area contributed by atoms with Crippen LogP contribution in [0.25, 0.3) is 0 Å². The van der Waals surface area contributed by atoms with Gasteiger partial charge in [-0.3, -0.25) is 4.79 Å². The molecule has 2 rings (SSSR count). The molecule has 24 heavy (non-hydrogen) atoms. The Morgan fingerprint density at radius 1 is 1.33 bits per heavy atom. The van der Waals surface area contributed by atoms with Gasteiger partial charge in [-0.25, -0.2) is 5.43 Å². The quantitative estimate of drug-likeness (QED) is 0.496. The smallest absolute Gasteiger partial charge is 0.277 e. The number of aromatic hydroxyl groups is 1. The number of ether oxygens (including phenoxy) is 1. The molecule has 2 aromatic rings. The number of hydrogen-bond donors (Lipinski definition) is 2. The van der Waals surface area contributed by atoms with E-state index in [0.29, 0.717) is 25.3 Å². The molecule has 0 saturated carbocycles. The van der Waals surface area contributed by atoms with Gasteiger partial charge in [-0.15, -0.1) is 0 Å². The number of hydrogen-bond acceptors (Lipinski definition) is 4. The van der Waals surface area contributed by atoms with Crippen LogP contribution in [0.5, 0.6) is 11.5 Å². The average molecular weight is 477 g/mol. The number of phenols is 1. The van der Waals surface area contributed by atoms with Gasteiger partial charge in [-0.05, 0) is 80.2 Å². The maximum atomic E-state index is 11.7. The monoisotopic (exact) mass is 474 g/mol. The summed E-state index contributed by atoms with van der Waals surface area (Å²) in [5.41, 5.74) is 3.93. The van der Waals surface area contributed by atoms with Crippen molar-refractivity contribution < 1.29 is 14.6 Å². The van der Waals surface area contributed by atoms with Crippen molar-refractivity contribution in [2.24, 2.45) is 5.10 Å². The molecule has 0 saturated heterocycles. The molecule has 126 valence electrons. The first kappa shape index (κ1) is 18.8. The Hall–Kier alpha value is -1.57. The van der Waals surface area contributed by atoms with Gasteiger partial charge in [0.2, 0.25) is 0 Å². The molecule has 2 aromatic carbocycles. The Morgan fingerprint density at radius 3 is 2.62 bits per heavy atom. The molecule has 0 bridgehead atoms. The van der Waals surface area contributed by atoms with Crippen LogP contribution >= 0.6 is 43.5 Å². The summed E-state index contributed by atoms with van der Waals surface area (Å²) in [6.45, 7) is 1.69. The number of carbonyl (C=O) groups is 1. The highest BCUT2D eigenvalue weighted by atomic mass is 79.9. The molecule has 0 unspecified atom stereocenters. The molecule has 8 heteroatoms. The fraction of sp³-hybridized carbons (Fsp3) is 0.125. The van der Waals surface area contributed by atoms with E-state index in [1.165, 1.54) is 6.21 Å². The predicted molar refractivity (Wildman–Crippen MR) is 101 cm³/mol. The number of carbonyl (C=O) groups excluding carboxylic acids is 1. The molecule has 0 radical (unpaired) electrons. The van der Waals surface area contributed by atoms with Gasteiger partial charge in [-0.2, -0.15) is 5.10 Å². The highest BCUT2D eigenvalue weighted by molar-refractivity contribution is 9.11. The maximum Gasteiger partial charge on any atom is 0.277 e. The van der Waals surface area contributed by atoms with E-state index in [9.17, 15) is 9.90 Å². The van der Waals surface area contributed by atoms with E-state index in [1.807, 2.05) is 6.92 Å². The van der Waals surface area contributed by atoms with Crippen molar-refractivity contribution in [3.8, 4) is 11.5 Å².